The van der Waals surface area contributed by atoms with Crippen LogP contribution in [0.15, 0.2) is 53.0 Å². The van der Waals surface area contributed by atoms with Crippen molar-refractivity contribution in [2.75, 3.05) is 23.9 Å². The third-order valence-electron chi connectivity index (χ3n) is 4.21. The van der Waals surface area contributed by atoms with Crippen molar-refractivity contribution >= 4 is 38.2 Å². The summed E-state index contributed by atoms with van der Waals surface area (Å²) in [4.78, 5) is 22.0. The van der Waals surface area contributed by atoms with Crippen LogP contribution < -0.4 is 19.7 Å². The molecule has 0 spiro atoms. The predicted octanol–water partition coefficient (Wildman–Crippen LogP) is 3.39. The first-order valence-corrected chi connectivity index (χ1v) is 11.7. The Kier molecular flexibility index (Phi) is 7.21. The first-order valence-electron chi connectivity index (χ1n) is 9.43. The number of nitrogens with zero attached hydrogens (tertiary/aromatic N) is 3. The SMILES string of the molecule is CCOc1ccc(NC(=O)N(C)c2nc(C)c(S(=O)(=O)NCc3ccncc3)s2)cc1. The van der Waals surface area contributed by atoms with Crippen molar-refractivity contribution in [3.8, 4) is 5.75 Å². The molecule has 0 saturated heterocycles. The highest BCUT2D eigenvalue weighted by molar-refractivity contribution is 7.91. The molecular weight excluding hydrogens is 438 g/mol. The van der Waals surface area contributed by atoms with Crippen LogP contribution in [-0.4, -0.2) is 38.1 Å². The van der Waals surface area contributed by atoms with Gasteiger partial charge in [-0.2, -0.15) is 0 Å². The number of aryl methyl sites for hydroxylation is 1. The molecule has 1 aromatic carbocycles. The van der Waals surface area contributed by atoms with Gasteiger partial charge in [0.15, 0.2) is 9.34 Å². The average Bonchev–Trinajstić information content (AvgIpc) is 3.16. The minimum absolute atomic E-state index is 0.0669. The summed E-state index contributed by atoms with van der Waals surface area (Å²) in [5.74, 6) is 0.707. The van der Waals surface area contributed by atoms with Crippen LogP contribution in [0.25, 0.3) is 0 Å². The van der Waals surface area contributed by atoms with Gasteiger partial charge in [0.2, 0.25) is 0 Å². The maximum absolute atomic E-state index is 12.7. The summed E-state index contributed by atoms with van der Waals surface area (Å²) in [6.45, 7) is 4.18. The maximum atomic E-state index is 12.7. The van der Waals surface area contributed by atoms with Crippen molar-refractivity contribution < 1.29 is 17.9 Å². The number of carbonyl (C=O) groups excluding carboxylic acids is 1. The third-order valence-corrected chi connectivity index (χ3v) is 7.46. The molecule has 0 fully saturated rings. The van der Waals surface area contributed by atoms with Gasteiger partial charge in [-0.1, -0.05) is 11.3 Å². The van der Waals surface area contributed by atoms with E-state index in [-0.39, 0.29) is 15.9 Å². The zero-order valence-electron chi connectivity index (χ0n) is 17.3. The van der Waals surface area contributed by atoms with Gasteiger partial charge >= 0.3 is 6.03 Å². The Morgan fingerprint density at radius 1 is 1.16 bits per heavy atom. The lowest BCUT2D eigenvalue weighted by Gasteiger charge is -2.15. The van der Waals surface area contributed by atoms with Crippen molar-refractivity contribution in [3.05, 3.63) is 60.0 Å². The molecule has 0 atom stereocenters. The second-order valence-corrected chi connectivity index (χ2v) is 9.44. The van der Waals surface area contributed by atoms with Gasteiger partial charge < -0.3 is 10.1 Å². The van der Waals surface area contributed by atoms with Gasteiger partial charge in [-0.25, -0.2) is 22.9 Å². The first-order chi connectivity index (χ1) is 14.8. The summed E-state index contributed by atoms with van der Waals surface area (Å²) >= 11 is 0.929. The highest BCUT2D eigenvalue weighted by atomic mass is 32.2. The molecular formula is C20H23N5O4S2. The minimum atomic E-state index is -3.78. The Bertz CT molecular complexity index is 1130. The lowest BCUT2D eigenvalue weighted by atomic mass is 10.3. The van der Waals surface area contributed by atoms with E-state index in [1.54, 1.807) is 55.7 Å². The second kappa shape index (κ2) is 9.86. The number of aromatic nitrogens is 2. The summed E-state index contributed by atoms with van der Waals surface area (Å²) in [6, 6.07) is 9.98. The van der Waals surface area contributed by atoms with Gasteiger partial charge in [0.1, 0.15) is 5.75 Å². The Labute approximate surface area is 185 Å². The third kappa shape index (κ3) is 5.78. The van der Waals surface area contributed by atoms with Crippen molar-refractivity contribution in [3.63, 3.8) is 0 Å². The van der Waals surface area contributed by atoms with Crippen LogP contribution in [0.5, 0.6) is 5.75 Å². The van der Waals surface area contributed by atoms with Gasteiger partial charge in [0.05, 0.1) is 12.3 Å². The largest absolute Gasteiger partial charge is 0.494 e. The van der Waals surface area contributed by atoms with Gasteiger partial charge in [0.25, 0.3) is 10.0 Å². The lowest BCUT2D eigenvalue weighted by Crippen LogP contribution is -2.31. The van der Waals surface area contributed by atoms with Crippen molar-refractivity contribution in [2.24, 2.45) is 0 Å². The molecule has 0 aliphatic heterocycles. The number of amides is 2. The number of carbonyl (C=O) groups is 1. The fourth-order valence-electron chi connectivity index (χ4n) is 2.60. The molecule has 9 nitrogen and oxygen atoms in total. The number of anilines is 2. The molecule has 0 aliphatic carbocycles. The van der Waals surface area contributed by atoms with Crippen LogP contribution in [0.4, 0.5) is 15.6 Å². The van der Waals surface area contributed by atoms with E-state index in [1.807, 2.05) is 6.92 Å². The normalized spacial score (nSPS) is 11.2. The van der Waals surface area contributed by atoms with Crippen molar-refractivity contribution in [2.45, 2.75) is 24.6 Å². The van der Waals surface area contributed by atoms with E-state index < -0.39 is 16.1 Å². The minimum Gasteiger partial charge on any atom is -0.494 e. The summed E-state index contributed by atoms with van der Waals surface area (Å²) in [5.41, 5.74) is 1.69. The molecule has 2 amide bonds. The van der Waals surface area contributed by atoms with E-state index in [4.69, 9.17) is 4.74 Å². The number of pyridine rings is 1. The molecule has 3 rings (SSSR count). The number of hydrogen-bond acceptors (Lipinski definition) is 7. The summed E-state index contributed by atoms with van der Waals surface area (Å²) in [7, 11) is -2.25. The molecule has 31 heavy (non-hydrogen) atoms. The highest BCUT2D eigenvalue weighted by Crippen LogP contribution is 2.29. The molecule has 2 heterocycles. The van der Waals surface area contributed by atoms with Gasteiger partial charge in [0, 0.05) is 31.7 Å². The number of hydrogen-bond donors (Lipinski definition) is 2. The van der Waals surface area contributed by atoms with Crippen molar-refractivity contribution in [1.29, 1.82) is 0 Å². The number of thiazole rings is 1. The van der Waals surface area contributed by atoms with Crippen molar-refractivity contribution in [1.82, 2.24) is 14.7 Å². The molecule has 164 valence electrons. The monoisotopic (exact) mass is 461 g/mol. The summed E-state index contributed by atoms with van der Waals surface area (Å²) in [6.07, 6.45) is 3.19. The topological polar surface area (TPSA) is 114 Å². The van der Waals surface area contributed by atoms with Crippen LogP contribution in [0.1, 0.15) is 18.2 Å². The Morgan fingerprint density at radius 3 is 2.48 bits per heavy atom. The van der Waals surface area contributed by atoms with Crippen LogP contribution in [0.2, 0.25) is 0 Å². The van der Waals surface area contributed by atoms with Gasteiger partial charge in [-0.3, -0.25) is 9.88 Å². The predicted molar refractivity (Wildman–Crippen MR) is 120 cm³/mol. The number of nitrogens with one attached hydrogen (secondary N) is 2. The average molecular weight is 462 g/mol. The Morgan fingerprint density at radius 2 is 1.84 bits per heavy atom. The van der Waals surface area contributed by atoms with E-state index in [9.17, 15) is 13.2 Å². The van der Waals surface area contributed by atoms with Crippen LogP contribution in [0.3, 0.4) is 0 Å². The number of rotatable bonds is 8. The fraction of sp³-hybridized carbons (Fsp3) is 0.250. The Balaban J connectivity index is 1.69. The first kappa shape index (κ1) is 22.7. The van der Waals surface area contributed by atoms with E-state index in [0.29, 0.717) is 23.7 Å². The van der Waals surface area contributed by atoms with Crippen LogP contribution in [-0.2, 0) is 16.6 Å². The molecule has 0 radical (unpaired) electrons. The summed E-state index contributed by atoms with van der Waals surface area (Å²) in [5, 5.41) is 3.02. The second-order valence-electron chi connectivity index (χ2n) is 6.50. The number of sulfonamides is 1. The molecule has 0 saturated carbocycles. The van der Waals surface area contributed by atoms with Gasteiger partial charge in [-0.05, 0) is 55.8 Å². The number of benzene rings is 1. The molecule has 0 bridgehead atoms. The fourth-order valence-corrected chi connectivity index (χ4v) is 5.12. The molecule has 0 aliphatic rings. The molecule has 2 N–H and O–H groups in total. The van der Waals surface area contributed by atoms with E-state index >= 15 is 0 Å². The van der Waals surface area contributed by atoms with Crippen LogP contribution in [0, 0.1) is 6.92 Å². The van der Waals surface area contributed by atoms with E-state index in [0.717, 1.165) is 16.9 Å². The number of ether oxygens (including phenoxy) is 1. The molecule has 3 aromatic rings. The summed E-state index contributed by atoms with van der Waals surface area (Å²) < 4.78 is 33.4. The highest BCUT2D eigenvalue weighted by Gasteiger charge is 2.24. The van der Waals surface area contributed by atoms with Gasteiger partial charge in [-0.15, -0.1) is 0 Å². The number of urea groups is 1. The smallest absolute Gasteiger partial charge is 0.327 e. The zero-order chi connectivity index (χ0) is 22.4. The van der Waals surface area contributed by atoms with E-state index in [1.165, 1.54) is 11.9 Å². The molecule has 2 aromatic heterocycles. The Hall–Kier alpha value is -3.02. The lowest BCUT2D eigenvalue weighted by molar-refractivity contribution is 0.258. The molecule has 0 unspecified atom stereocenters. The standard InChI is InChI=1S/C20H23N5O4S2/c1-4-29-17-7-5-16(6-8-17)24-19(26)25(3)20-23-14(2)18(30-20)31(27,28)22-13-15-9-11-21-12-10-15/h5-12,22H,4,13H2,1-3H3,(H,24,26). The maximum Gasteiger partial charge on any atom is 0.327 e. The zero-order valence-corrected chi connectivity index (χ0v) is 19.0. The van der Waals surface area contributed by atoms with E-state index in [2.05, 4.69) is 20.0 Å². The molecule has 11 heteroatoms. The van der Waals surface area contributed by atoms with Crippen LogP contribution >= 0.6 is 11.3 Å². The quantitative estimate of drug-likeness (QED) is 0.532.